The molecular formula is C12H24N2. The van der Waals surface area contributed by atoms with Crippen molar-refractivity contribution in [1.29, 1.82) is 0 Å². The van der Waals surface area contributed by atoms with Crippen molar-refractivity contribution in [2.24, 2.45) is 5.41 Å². The molecule has 0 N–H and O–H groups in total. The maximum absolute atomic E-state index is 2.61. The lowest BCUT2D eigenvalue weighted by molar-refractivity contribution is -0.0614. The van der Waals surface area contributed by atoms with E-state index in [1.165, 1.54) is 45.6 Å². The van der Waals surface area contributed by atoms with Gasteiger partial charge in [-0.1, -0.05) is 6.92 Å². The van der Waals surface area contributed by atoms with Crippen LogP contribution in [0.2, 0.25) is 0 Å². The van der Waals surface area contributed by atoms with Crippen molar-refractivity contribution in [3.63, 3.8) is 0 Å². The van der Waals surface area contributed by atoms with Gasteiger partial charge in [0.15, 0.2) is 0 Å². The van der Waals surface area contributed by atoms with E-state index >= 15 is 0 Å². The largest absolute Gasteiger partial charge is 0.304 e. The number of hydrogen-bond donors (Lipinski definition) is 0. The molecule has 2 fully saturated rings. The summed E-state index contributed by atoms with van der Waals surface area (Å²) in [6, 6.07) is 0.754. The number of likely N-dealkylation sites (tertiary alicyclic amines) is 2. The molecule has 0 aromatic carbocycles. The first-order valence-corrected chi connectivity index (χ1v) is 6.12. The molecule has 0 amide bonds. The molecule has 0 saturated carbocycles. The van der Waals surface area contributed by atoms with E-state index in [1.807, 2.05) is 0 Å². The van der Waals surface area contributed by atoms with Crippen LogP contribution in [0.15, 0.2) is 0 Å². The Morgan fingerprint density at radius 1 is 1.14 bits per heavy atom. The highest BCUT2D eigenvalue weighted by atomic mass is 15.2. The van der Waals surface area contributed by atoms with Crippen molar-refractivity contribution < 1.29 is 0 Å². The van der Waals surface area contributed by atoms with E-state index in [0.29, 0.717) is 0 Å². The summed E-state index contributed by atoms with van der Waals surface area (Å²) in [6.45, 7) is 13.5. The predicted molar refractivity (Wildman–Crippen MR) is 60.5 cm³/mol. The predicted octanol–water partition coefficient (Wildman–Crippen LogP) is 1.81. The van der Waals surface area contributed by atoms with E-state index in [1.54, 1.807) is 0 Å². The first-order valence-electron chi connectivity index (χ1n) is 6.12. The zero-order valence-electron chi connectivity index (χ0n) is 9.92. The van der Waals surface area contributed by atoms with E-state index in [9.17, 15) is 0 Å². The lowest BCUT2D eigenvalue weighted by atomic mass is 9.71. The van der Waals surface area contributed by atoms with Crippen molar-refractivity contribution in [1.82, 2.24) is 9.80 Å². The fraction of sp³-hybridized carbons (Fsp3) is 1.00. The Balaban J connectivity index is 1.80. The zero-order valence-corrected chi connectivity index (χ0v) is 9.92. The van der Waals surface area contributed by atoms with Crippen molar-refractivity contribution in [2.45, 2.75) is 39.7 Å². The van der Waals surface area contributed by atoms with Crippen LogP contribution in [0.5, 0.6) is 0 Å². The summed E-state index contributed by atoms with van der Waals surface area (Å²) < 4.78 is 0. The highest BCUT2D eigenvalue weighted by Crippen LogP contribution is 2.41. The maximum atomic E-state index is 2.61. The molecule has 0 bridgehead atoms. The minimum absolute atomic E-state index is 0.718. The van der Waals surface area contributed by atoms with Crippen molar-refractivity contribution in [3.8, 4) is 0 Å². The maximum Gasteiger partial charge on any atom is 0.00541 e. The molecule has 14 heavy (non-hydrogen) atoms. The van der Waals surface area contributed by atoms with Gasteiger partial charge in [-0.2, -0.15) is 0 Å². The first kappa shape index (κ1) is 10.4. The fourth-order valence-electron chi connectivity index (χ4n) is 2.84. The molecule has 2 nitrogen and oxygen atoms in total. The number of nitrogens with zero attached hydrogens (tertiary/aromatic N) is 2. The second kappa shape index (κ2) is 3.82. The summed E-state index contributed by atoms with van der Waals surface area (Å²) in [5, 5.41) is 0. The summed E-state index contributed by atoms with van der Waals surface area (Å²) >= 11 is 0. The average molecular weight is 196 g/mol. The van der Waals surface area contributed by atoms with Gasteiger partial charge in [-0.3, -0.25) is 4.90 Å². The highest BCUT2D eigenvalue weighted by molar-refractivity contribution is 4.98. The molecular weight excluding hydrogens is 172 g/mol. The van der Waals surface area contributed by atoms with Crippen LogP contribution in [0.3, 0.4) is 0 Å². The van der Waals surface area contributed by atoms with Gasteiger partial charge in [0.1, 0.15) is 0 Å². The molecule has 2 heteroatoms. The van der Waals surface area contributed by atoms with Gasteiger partial charge >= 0.3 is 0 Å². The van der Waals surface area contributed by atoms with Gasteiger partial charge in [0.25, 0.3) is 0 Å². The summed E-state index contributed by atoms with van der Waals surface area (Å²) in [7, 11) is 0. The molecule has 0 radical (unpaired) electrons. The van der Waals surface area contributed by atoms with Crippen LogP contribution in [0.25, 0.3) is 0 Å². The van der Waals surface area contributed by atoms with Crippen molar-refractivity contribution >= 4 is 0 Å². The van der Waals surface area contributed by atoms with Gasteiger partial charge in [-0.15, -0.1) is 0 Å². The fourth-order valence-corrected chi connectivity index (χ4v) is 2.84. The molecule has 0 aliphatic carbocycles. The summed E-state index contributed by atoms with van der Waals surface area (Å²) in [6.07, 6.45) is 2.87. The average Bonchev–Trinajstić information content (AvgIpc) is 2.14. The van der Waals surface area contributed by atoms with Crippen molar-refractivity contribution in [2.75, 3.05) is 32.7 Å². The molecule has 0 aromatic rings. The van der Waals surface area contributed by atoms with Gasteiger partial charge in [0, 0.05) is 19.1 Å². The van der Waals surface area contributed by atoms with Gasteiger partial charge in [-0.05, 0) is 51.7 Å². The van der Waals surface area contributed by atoms with Crippen LogP contribution in [-0.4, -0.2) is 48.6 Å². The third-order valence-corrected chi connectivity index (χ3v) is 4.17. The SMILES string of the molecule is CCN1CCC2(CC1)CN(C(C)C)C2. The van der Waals surface area contributed by atoms with E-state index in [2.05, 4.69) is 30.6 Å². The molecule has 2 saturated heterocycles. The summed E-state index contributed by atoms with van der Waals surface area (Å²) in [5.41, 5.74) is 0.718. The molecule has 0 unspecified atom stereocenters. The quantitative estimate of drug-likeness (QED) is 0.664. The third-order valence-electron chi connectivity index (χ3n) is 4.17. The van der Waals surface area contributed by atoms with Gasteiger partial charge < -0.3 is 4.90 Å². The monoisotopic (exact) mass is 196 g/mol. The van der Waals surface area contributed by atoms with Gasteiger partial charge in [0.05, 0.1) is 0 Å². The molecule has 2 heterocycles. The highest BCUT2D eigenvalue weighted by Gasteiger charge is 2.44. The van der Waals surface area contributed by atoms with Crippen LogP contribution >= 0.6 is 0 Å². The first-order chi connectivity index (χ1) is 6.65. The minimum atomic E-state index is 0.718. The van der Waals surface area contributed by atoms with Crippen molar-refractivity contribution in [3.05, 3.63) is 0 Å². The van der Waals surface area contributed by atoms with Gasteiger partial charge in [-0.25, -0.2) is 0 Å². The van der Waals surface area contributed by atoms with E-state index in [-0.39, 0.29) is 0 Å². The van der Waals surface area contributed by atoms with Crippen LogP contribution in [0.4, 0.5) is 0 Å². The van der Waals surface area contributed by atoms with Crippen LogP contribution in [-0.2, 0) is 0 Å². The number of hydrogen-bond acceptors (Lipinski definition) is 2. The Bertz CT molecular complexity index is 184. The molecule has 1 spiro atoms. The second-order valence-electron chi connectivity index (χ2n) is 5.43. The number of piperidine rings is 1. The number of rotatable bonds is 2. The minimum Gasteiger partial charge on any atom is -0.304 e. The van der Waals surface area contributed by atoms with Crippen LogP contribution < -0.4 is 0 Å². The Kier molecular flexibility index (Phi) is 2.85. The van der Waals surface area contributed by atoms with Crippen LogP contribution in [0, 0.1) is 5.41 Å². The van der Waals surface area contributed by atoms with E-state index < -0.39 is 0 Å². The molecule has 0 aromatic heterocycles. The third kappa shape index (κ3) is 1.82. The normalized spacial score (nSPS) is 28.3. The second-order valence-corrected chi connectivity index (χ2v) is 5.43. The zero-order chi connectivity index (χ0) is 10.2. The summed E-state index contributed by atoms with van der Waals surface area (Å²) in [4.78, 5) is 5.20. The van der Waals surface area contributed by atoms with Gasteiger partial charge in [0.2, 0.25) is 0 Å². The lowest BCUT2D eigenvalue weighted by Gasteiger charge is -2.55. The molecule has 0 atom stereocenters. The Morgan fingerprint density at radius 2 is 1.71 bits per heavy atom. The Morgan fingerprint density at radius 3 is 2.14 bits per heavy atom. The molecule has 82 valence electrons. The Hall–Kier alpha value is -0.0800. The Labute approximate surface area is 88.3 Å². The van der Waals surface area contributed by atoms with E-state index in [0.717, 1.165) is 11.5 Å². The standard InChI is InChI=1S/C12H24N2/c1-4-13-7-5-12(6-8-13)9-14(10-12)11(2)3/h11H,4-10H2,1-3H3. The lowest BCUT2D eigenvalue weighted by Crippen LogP contribution is -2.61. The topological polar surface area (TPSA) is 6.48 Å². The smallest absolute Gasteiger partial charge is 0.00541 e. The molecule has 2 aliphatic rings. The van der Waals surface area contributed by atoms with E-state index in [4.69, 9.17) is 0 Å². The molecule has 2 rings (SSSR count). The van der Waals surface area contributed by atoms with Crippen LogP contribution in [0.1, 0.15) is 33.6 Å². The molecule has 2 aliphatic heterocycles. The summed E-state index contributed by atoms with van der Waals surface area (Å²) in [5.74, 6) is 0.